The first-order valence-corrected chi connectivity index (χ1v) is 11.6. The number of aromatic nitrogens is 3. The van der Waals surface area contributed by atoms with Crippen LogP contribution in [0.15, 0.2) is 47.1 Å². The van der Waals surface area contributed by atoms with Crippen molar-refractivity contribution in [3.8, 4) is 23.0 Å². The topological polar surface area (TPSA) is 73.5 Å². The summed E-state index contributed by atoms with van der Waals surface area (Å²) < 4.78 is 17.0. The molecule has 1 saturated heterocycles. The summed E-state index contributed by atoms with van der Waals surface area (Å²) in [6.45, 7) is 1.87. The Labute approximate surface area is 188 Å². The van der Waals surface area contributed by atoms with Crippen molar-refractivity contribution in [2.75, 3.05) is 13.7 Å². The highest BCUT2D eigenvalue weighted by atomic mass is 16.5. The normalized spacial score (nSPS) is 19.8. The number of rotatable bonds is 7. The number of benzene rings is 1. The van der Waals surface area contributed by atoms with Crippen LogP contribution in [0.25, 0.3) is 11.4 Å². The van der Waals surface area contributed by atoms with Crippen LogP contribution in [0.1, 0.15) is 62.4 Å². The summed E-state index contributed by atoms with van der Waals surface area (Å²) >= 11 is 0. The first-order chi connectivity index (χ1) is 15.8. The molecule has 2 fully saturated rings. The molecule has 1 aliphatic heterocycles. The van der Waals surface area contributed by atoms with Crippen LogP contribution in [0.3, 0.4) is 0 Å². The molecule has 2 aliphatic rings. The quantitative estimate of drug-likeness (QED) is 0.507. The number of pyridine rings is 1. The highest BCUT2D eigenvalue weighted by Crippen LogP contribution is 2.33. The molecule has 7 heteroatoms. The number of nitrogens with zero attached hydrogens (tertiary/aromatic N) is 4. The summed E-state index contributed by atoms with van der Waals surface area (Å²) in [5, 5.41) is 4.23. The van der Waals surface area contributed by atoms with E-state index in [0.717, 1.165) is 50.1 Å². The fourth-order valence-corrected chi connectivity index (χ4v) is 4.68. The van der Waals surface area contributed by atoms with E-state index in [4.69, 9.17) is 19.0 Å². The standard InChI is InChI=1S/C25H30N4O3/c1-30-20-12-9-18(10-13-20)17-29-15-5-8-22(29)25-27-24(28-32-25)19-11-14-23(26-16-19)31-21-6-3-2-4-7-21/h9-14,16,21-22H,2-8,15,17H2,1H3. The summed E-state index contributed by atoms with van der Waals surface area (Å²) in [5.74, 6) is 2.80. The maximum atomic E-state index is 6.03. The van der Waals surface area contributed by atoms with E-state index < -0.39 is 0 Å². The van der Waals surface area contributed by atoms with Crippen LogP contribution in [0.5, 0.6) is 11.6 Å². The van der Waals surface area contributed by atoms with Crippen LogP contribution in [0.4, 0.5) is 0 Å². The largest absolute Gasteiger partial charge is 0.497 e. The third kappa shape index (κ3) is 4.78. The minimum Gasteiger partial charge on any atom is -0.497 e. The Bertz CT molecular complexity index is 997. The van der Waals surface area contributed by atoms with Gasteiger partial charge in [0.1, 0.15) is 11.9 Å². The number of methoxy groups -OCH3 is 1. The Morgan fingerprint density at radius 2 is 1.84 bits per heavy atom. The molecule has 0 amide bonds. The SMILES string of the molecule is COc1ccc(CN2CCCC2c2nc(-c3ccc(OC4CCCCC4)nc3)no2)cc1. The van der Waals surface area contributed by atoms with E-state index in [9.17, 15) is 0 Å². The summed E-state index contributed by atoms with van der Waals surface area (Å²) in [6, 6.07) is 12.2. The molecule has 1 atom stereocenters. The van der Waals surface area contributed by atoms with Gasteiger partial charge in [0.15, 0.2) is 0 Å². The van der Waals surface area contributed by atoms with Gasteiger partial charge in [-0.1, -0.05) is 23.7 Å². The van der Waals surface area contributed by atoms with Gasteiger partial charge >= 0.3 is 0 Å². The van der Waals surface area contributed by atoms with Gasteiger partial charge in [-0.05, 0) is 68.8 Å². The predicted molar refractivity (Wildman–Crippen MR) is 120 cm³/mol. The Balaban J connectivity index is 1.24. The van der Waals surface area contributed by atoms with Crippen LogP contribution in [-0.2, 0) is 6.54 Å². The zero-order valence-corrected chi connectivity index (χ0v) is 18.6. The van der Waals surface area contributed by atoms with Gasteiger partial charge in [-0.2, -0.15) is 4.98 Å². The Kier molecular flexibility index (Phi) is 6.34. The van der Waals surface area contributed by atoms with E-state index in [0.29, 0.717) is 17.6 Å². The van der Waals surface area contributed by atoms with Gasteiger partial charge in [-0.25, -0.2) is 4.98 Å². The maximum Gasteiger partial charge on any atom is 0.244 e. The van der Waals surface area contributed by atoms with Crippen molar-refractivity contribution in [2.24, 2.45) is 0 Å². The number of ether oxygens (including phenoxy) is 2. The van der Waals surface area contributed by atoms with Crippen LogP contribution in [0, 0.1) is 0 Å². The molecule has 7 nitrogen and oxygen atoms in total. The van der Waals surface area contributed by atoms with E-state index in [-0.39, 0.29) is 12.1 Å². The Morgan fingerprint density at radius 3 is 2.59 bits per heavy atom. The third-order valence-electron chi connectivity index (χ3n) is 6.47. The van der Waals surface area contributed by atoms with Crippen molar-refractivity contribution in [1.29, 1.82) is 0 Å². The van der Waals surface area contributed by atoms with Crippen LogP contribution < -0.4 is 9.47 Å². The fourth-order valence-electron chi connectivity index (χ4n) is 4.68. The van der Waals surface area contributed by atoms with Gasteiger partial charge in [-0.15, -0.1) is 0 Å². The van der Waals surface area contributed by atoms with Gasteiger partial charge in [0.05, 0.1) is 13.2 Å². The minimum absolute atomic E-state index is 0.139. The van der Waals surface area contributed by atoms with Crippen molar-refractivity contribution < 1.29 is 14.0 Å². The summed E-state index contributed by atoms with van der Waals surface area (Å²) in [7, 11) is 1.69. The molecule has 3 heterocycles. The lowest BCUT2D eigenvalue weighted by Gasteiger charge is -2.22. The Morgan fingerprint density at radius 1 is 1.00 bits per heavy atom. The lowest BCUT2D eigenvalue weighted by Crippen LogP contribution is -2.23. The van der Waals surface area contributed by atoms with Crippen molar-refractivity contribution in [3.05, 3.63) is 54.0 Å². The molecule has 1 saturated carbocycles. The molecular formula is C25H30N4O3. The van der Waals surface area contributed by atoms with Crippen LogP contribution >= 0.6 is 0 Å². The van der Waals surface area contributed by atoms with Crippen molar-refractivity contribution in [2.45, 2.75) is 63.6 Å². The average molecular weight is 435 g/mol. The molecule has 1 aromatic carbocycles. The summed E-state index contributed by atoms with van der Waals surface area (Å²) in [4.78, 5) is 11.6. The highest BCUT2D eigenvalue weighted by molar-refractivity contribution is 5.53. The van der Waals surface area contributed by atoms with E-state index in [1.807, 2.05) is 24.3 Å². The zero-order chi connectivity index (χ0) is 21.8. The molecule has 1 unspecified atom stereocenters. The van der Waals surface area contributed by atoms with Gasteiger partial charge in [0.25, 0.3) is 0 Å². The number of hydrogen-bond acceptors (Lipinski definition) is 7. The molecule has 0 bridgehead atoms. The lowest BCUT2D eigenvalue weighted by molar-refractivity contribution is 0.148. The smallest absolute Gasteiger partial charge is 0.244 e. The van der Waals surface area contributed by atoms with E-state index in [1.165, 1.54) is 24.8 Å². The fraction of sp³-hybridized carbons (Fsp3) is 0.480. The highest BCUT2D eigenvalue weighted by Gasteiger charge is 2.31. The molecule has 32 heavy (non-hydrogen) atoms. The predicted octanol–water partition coefficient (Wildman–Crippen LogP) is 5.19. The molecule has 5 rings (SSSR count). The van der Waals surface area contributed by atoms with Gasteiger partial charge in [0, 0.05) is 24.4 Å². The van der Waals surface area contributed by atoms with E-state index >= 15 is 0 Å². The second-order valence-corrected chi connectivity index (χ2v) is 8.70. The molecule has 3 aromatic rings. The summed E-state index contributed by atoms with van der Waals surface area (Å²) in [6.07, 6.45) is 10.2. The first-order valence-electron chi connectivity index (χ1n) is 11.6. The molecule has 1 aliphatic carbocycles. The number of hydrogen-bond donors (Lipinski definition) is 0. The van der Waals surface area contributed by atoms with Crippen LogP contribution in [0.2, 0.25) is 0 Å². The minimum atomic E-state index is 0.139. The monoisotopic (exact) mass is 434 g/mol. The molecule has 0 spiro atoms. The molecule has 0 N–H and O–H groups in total. The second-order valence-electron chi connectivity index (χ2n) is 8.70. The molecule has 0 radical (unpaired) electrons. The number of likely N-dealkylation sites (tertiary alicyclic amines) is 1. The average Bonchev–Trinajstić information content (AvgIpc) is 3.50. The summed E-state index contributed by atoms with van der Waals surface area (Å²) in [5.41, 5.74) is 2.09. The van der Waals surface area contributed by atoms with Crippen LogP contribution in [-0.4, -0.2) is 39.8 Å². The zero-order valence-electron chi connectivity index (χ0n) is 18.6. The van der Waals surface area contributed by atoms with Crippen molar-refractivity contribution >= 4 is 0 Å². The third-order valence-corrected chi connectivity index (χ3v) is 6.47. The lowest BCUT2D eigenvalue weighted by atomic mass is 9.98. The van der Waals surface area contributed by atoms with Gasteiger partial charge < -0.3 is 14.0 Å². The van der Waals surface area contributed by atoms with Crippen molar-refractivity contribution in [1.82, 2.24) is 20.0 Å². The second kappa shape index (κ2) is 9.69. The maximum absolute atomic E-state index is 6.03. The Hall–Kier alpha value is -2.93. The molecular weight excluding hydrogens is 404 g/mol. The first kappa shape index (κ1) is 20.9. The molecule has 168 valence electrons. The van der Waals surface area contributed by atoms with Gasteiger partial charge in [0.2, 0.25) is 17.6 Å². The van der Waals surface area contributed by atoms with Gasteiger partial charge in [-0.3, -0.25) is 4.90 Å². The van der Waals surface area contributed by atoms with E-state index in [1.54, 1.807) is 13.3 Å². The van der Waals surface area contributed by atoms with Crippen molar-refractivity contribution in [3.63, 3.8) is 0 Å². The van der Waals surface area contributed by atoms with E-state index in [2.05, 4.69) is 27.2 Å². The molecule has 2 aromatic heterocycles.